The lowest BCUT2D eigenvalue weighted by Gasteiger charge is -2.37. The highest BCUT2D eigenvalue weighted by molar-refractivity contribution is 5.33. The number of aryl methyl sites for hydroxylation is 1. The minimum atomic E-state index is 0.173. The number of benzene rings is 1. The summed E-state index contributed by atoms with van der Waals surface area (Å²) in [5.74, 6) is 0.763. The number of fused-ring (bicyclic) bond motifs is 1. The summed E-state index contributed by atoms with van der Waals surface area (Å²) in [4.78, 5) is 2.46. The van der Waals surface area contributed by atoms with E-state index in [4.69, 9.17) is 5.73 Å². The molecule has 100 valence electrons. The Morgan fingerprint density at radius 1 is 1.33 bits per heavy atom. The van der Waals surface area contributed by atoms with E-state index in [0.29, 0.717) is 6.04 Å². The van der Waals surface area contributed by atoms with Crippen molar-refractivity contribution in [3.8, 4) is 0 Å². The first kappa shape index (κ1) is 13.6. The standard InChI is InChI=1S/C16H26N2/c1-12(2)10-11-18(3)15-9-8-13-6-4-5-7-14(13)16(15)17/h4-7,12,15-16H,8-11,17H2,1-3H3. The maximum Gasteiger partial charge on any atom is 0.0455 e. The second kappa shape index (κ2) is 5.85. The molecule has 2 nitrogen and oxygen atoms in total. The Balaban J connectivity index is 2.04. The second-order valence-corrected chi connectivity index (χ2v) is 5.99. The first-order valence-corrected chi connectivity index (χ1v) is 7.13. The number of hydrogen-bond acceptors (Lipinski definition) is 2. The van der Waals surface area contributed by atoms with Gasteiger partial charge in [0.05, 0.1) is 0 Å². The fourth-order valence-electron chi connectivity index (χ4n) is 2.90. The van der Waals surface area contributed by atoms with Gasteiger partial charge in [0, 0.05) is 12.1 Å². The largest absolute Gasteiger partial charge is 0.323 e. The maximum absolute atomic E-state index is 6.46. The van der Waals surface area contributed by atoms with Crippen LogP contribution in [0.2, 0.25) is 0 Å². The number of likely N-dealkylation sites (N-methyl/N-ethyl adjacent to an activating group) is 1. The second-order valence-electron chi connectivity index (χ2n) is 5.99. The van der Waals surface area contributed by atoms with Crippen molar-refractivity contribution in [1.29, 1.82) is 0 Å². The normalized spacial score (nSPS) is 23.4. The summed E-state index contributed by atoms with van der Waals surface area (Å²) in [6.07, 6.45) is 3.61. The van der Waals surface area contributed by atoms with Crippen LogP contribution in [0.1, 0.15) is 43.9 Å². The Morgan fingerprint density at radius 3 is 2.78 bits per heavy atom. The minimum absolute atomic E-state index is 0.173. The van der Waals surface area contributed by atoms with Crippen molar-refractivity contribution in [3.05, 3.63) is 35.4 Å². The van der Waals surface area contributed by atoms with Gasteiger partial charge < -0.3 is 10.6 Å². The third kappa shape index (κ3) is 2.93. The van der Waals surface area contributed by atoms with Crippen molar-refractivity contribution < 1.29 is 0 Å². The first-order valence-electron chi connectivity index (χ1n) is 7.13. The lowest BCUT2D eigenvalue weighted by atomic mass is 9.84. The van der Waals surface area contributed by atoms with E-state index in [2.05, 4.69) is 50.1 Å². The predicted molar refractivity (Wildman–Crippen MR) is 77.6 cm³/mol. The van der Waals surface area contributed by atoms with Crippen LogP contribution in [-0.2, 0) is 6.42 Å². The van der Waals surface area contributed by atoms with Gasteiger partial charge in [-0.2, -0.15) is 0 Å². The molecule has 0 fully saturated rings. The number of rotatable bonds is 4. The van der Waals surface area contributed by atoms with Crippen molar-refractivity contribution >= 4 is 0 Å². The quantitative estimate of drug-likeness (QED) is 0.885. The molecule has 0 saturated heterocycles. The molecule has 1 aromatic carbocycles. The zero-order valence-electron chi connectivity index (χ0n) is 11.9. The van der Waals surface area contributed by atoms with Gasteiger partial charge in [0.25, 0.3) is 0 Å². The molecule has 1 aromatic rings. The molecule has 18 heavy (non-hydrogen) atoms. The molecule has 2 atom stereocenters. The molecule has 1 aliphatic carbocycles. The van der Waals surface area contributed by atoms with Crippen LogP contribution in [0.25, 0.3) is 0 Å². The van der Waals surface area contributed by atoms with Crippen molar-refractivity contribution in [2.75, 3.05) is 13.6 Å². The molecule has 0 heterocycles. The molecule has 0 bridgehead atoms. The summed E-state index contributed by atoms with van der Waals surface area (Å²) in [5, 5.41) is 0. The van der Waals surface area contributed by atoms with Crippen LogP contribution in [0.5, 0.6) is 0 Å². The maximum atomic E-state index is 6.46. The molecule has 2 N–H and O–H groups in total. The Labute approximate surface area is 111 Å². The van der Waals surface area contributed by atoms with E-state index in [1.807, 2.05) is 0 Å². The topological polar surface area (TPSA) is 29.3 Å². The molecule has 2 unspecified atom stereocenters. The van der Waals surface area contributed by atoms with Gasteiger partial charge in [-0.1, -0.05) is 38.1 Å². The average Bonchev–Trinajstić information content (AvgIpc) is 2.37. The smallest absolute Gasteiger partial charge is 0.0455 e. The Kier molecular flexibility index (Phi) is 4.41. The van der Waals surface area contributed by atoms with E-state index in [0.717, 1.165) is 12.5 Å². The van der Waals surface area contributed by atoms with Gasteiger partial charge in [-0.05, 0) is 49.9 Å². The molecule has 1 aliphatic rings. The molecule has 2 heteroatoms. The highest BCUT2D eigenvalue weighted by Gasteiger charge is 2.28. The van der Waals surface area contributed by atoms with Crippen LogP contribution in [-0.4, -0.2) is 24.5 Å². The highest BCUT2D eigenvalue weighted by atomic mass is 15.1. The lowest BCUT2D eigenvalue weighted by molar-refractivity contribution is 0.183. The van der Waals surface area contributed by atoms with Crippen molar-refractivity contribution in [2.45, 2.75) is 45.2 Å². The summed E-state index contributed by atoms with van der Waals surface area (Å²) in [6, 6.07) is 9.32. The van der Waals surface area contributed by atoms with Crippen LogP contribution in [0, 0.1) is 5.92 Å². The van der Waals surface area contributed by atoms with Crippen LogP contribution >= 0.6 is 0 Å². The van der Waals surface area contributed by atoms with Gasteiger partial charge in [0.15, 0.2) is 0 Å². The zero-order valence-corrected chi connectivity index (χ0v) is 11.9. The first-order chi connectivity index (χ1) is 8.59. The predicted octanol–water partition coefficient (Wildman–Crippen LogP) is 2.98. The molecule has 0 saturated carbocycles. The molecule has 2 rings (SSSR count). The summed E-state index contributed by atoms with van der Waals surface area (Å²) in [7, 11) is 2.22. The molecule has 0 radical (unpaired) electrons. The molecular formula is C16H26N2. The summed E-state index contributed by atoms with van der Waals surface area (Å²) >= 11 is 0. The molecule has 0 aliphatic heterocycles. The van der Waals surface area contributed by atoms with Crippen LogP contribution in [0.3, 0.4) is 0 Å². The average molecular weight is 246 g/mol. The van der Waals surface area contributed by atoms with Crippen molar-refractivity contribution in [1.82, 2.24) is 4.90 Å². The van der Waals surface area contributed by atoms with E-state index in [-0.39, 0.29) is 6.04 Å². The SMILES string of the molecule is CC(C)CCN(C)C1CCc2ccccc2C1N. The summed E-state index contributed by atoms with van der Waals surface area (Å²) in [6.45, 7) is 5.71. The lowest BCUT2D eigenvalue weighted by Crippen LogP contribution is -2.44. The molecule has 0 aromatic heterocycles. The van der Waals surface area contributed by atoms with Gasteiger partial charge in [-0.3, -0.25) is 0 Å². The van der Waals surface area contributed by atoms with Crippen LogP contribution < -0.4 is 5.73 Å². The fraction of sp³-hybridized carbons (Fsp3) is 0.625. The molecule has 0 amide bonds. The number of nitrogens with two attached hydrogens (primary N) is 1. The highest BCUT2D eigenvalue weighted by Crippen LogP contribution is 2.30. The third-order valence-corrected chi connectivity index (χ3v) is 4.16. The van der Waals surface area contributed by atoms with Gasteiger partial charge >= 0.3 is 0 Å². The summed E-state index contributed by atoms with van der Waals surface area (Å²) < 4.78 is 0. The van der Waals surface area contributed by atoms with E-state index < -0.39 is 0 Å². The van der Waals surface area contributed by atoms with Gasteiger partial charge in [-0.15, -0.1) is 0 Å². The Bertz CT molecular complexity index is 386. The monoisotopic (exact) mass is 246 g/mol. The minimum Gasteiger partial charge on any atom is -0.323 e. The van der Waals surface area contributed by atoms with E-state index in [1.165, 1.54) is 30.4 Å². The van der Waals surface area contributed by atoms with E-state index in [9.17, 15) is 0 Å². The summed E-state index contributed by atoms with van der Waals surface area (Å²) in [5.41, 5.74) is 9.25. The van der Waals surface area contributed by atoms with E-state index >= 15 is 0 Å². The van der Waals surface area contributed by atoms with Gasteiger partial charge in [0.2, 0.25) is 0 Å². The number of nitrogens with zero attached hydrogens (tertiary/aromatic N) is 1. The van der Waals surface area contributed by atoms with Gasteiger partial charge in [0.1, 0.15) is 0 Å². The van der Waals surface area contributed by atoms with Crippen LogP contribution in [0.15, 0.2) is 24.3 Å². The Morgan fingerprint density at radius 2 is 2.06 bits per heavy atom. The third-order valence-electron chi connectivity index (χ3n) is 4.16. The number of hydrogen-bond donors (Lipinski definition) is 1. The fourth-order valence-corrected chi connectivity index (χ4v) is 2.90. The molecule has 0 spiro atoms. The van der Waals surface area contributed by atoms with Crippen molar-refractivity contribution in [3.63, 3.8) is 0 Å². The van der Waals surface area contributed by atoms with Gasteiger partial charge in [-0.25, -0.2) is 0 Å². The van der Waals surface area contributed by atoms with E-state index in [1.54, 1.807) is 0 Å². The Hall–Kier alpha value is -0.860. The zero-order chi connectivity index (χ0) is 13.1. The molecular weight excluding hydrogens is 220 g/mol. The van der Waals surface area contributed by atoms with Crippen LogP contribution in [0.4, 0.5) is 0 Å². The van der Waals surface area contributed by atoms with Crippen molar-refractivity contribution in [2.24, 2.45) is 11.7 Å².